The van der Waals surface area contributed by atoms with Crippen molar-refractivity contribution in [2.24, 2.45) is 0 Å². The summed E-state index contributed by atoms with van der Waals surface area (Å²) in [6.07, 6.45) is 0. The number of aliphatic hydroxyl groups excluding tert-OH is 1. The number of hydrogen-bond acceptors (Lipinski definition) is 4. The van der Waals surface area contributed by atoms with Gasteiger partial charge in [0.25, 0.3) is 0 Å². The lowest BCUT2D eigenvalue weighted by Crippen LogP contribution is -2.20. The summed E-state index contributed by atoms with van der Waals surface area (Å²) in [4.78, 5) is 11.7. The molecule has 5 nitrogen and oxygen atoms in total. The van der Waals surface area contributed by atoms with Crippen molar-refractivity contribution in [3.8, 4) is 11.8 Å². The number of rotatable bonds is 6. The number of carbonyl (C=O) groups excluding carboxylic acids is 1. The van der Waals surface area contributed by atoms with Gasteiger partial charge in [-0.15, -0.1) is 0 Å². The normalized spacial score (nSPS) is 9.75. The predicted molar refractivity (Wildman–Crippen MR) is 76.5 cm³/mol. The van der Waals surface area contributed by atoms with Crippen LogP contribution in [0, 0.1) is 18.8 Å². The van der Waals surface area contributed by atoms with Crippen LogP contribution in [-0.2, 0) is 14.3 Å². The molecule has 0 spiro atoms. The van der Waals surface area contributed by atoms with Crippen LogP contribution in [0.3, 0.4) is 0 Å². The van der Waals surface area contributed by atoms with Crippen molar-refractivity contribution in [1.29, 1.82) is 0 Å². The van der Waals surface area contributed by atoms with Crippen molar-refractivity contribution in [1.82, 2.24) is 0 Å². The maximum Gasteiger partial charge on any atom is 0.250 e. The standard InChI is InChI=1S/C15H19NO4/c1-12-5-6-13(4-3-7-17)10-14(12)16-15(18)11-20-9-8-19-2/h5-6,10,17H,7-9,11H2,1-2H3,(H,16,18). The average molecular weight is 277 g/mol. The second-order valence-electron chi connectivity index (χ2n) is 4.08. The van der Waals surface area contributed by atoms with E-state index in [1.165, 1.54) is 0 Å². The van der Waals surface area contributed by atoms with Crippen LogP contribution in [0.25, 0.3) is 0 Å². The van der Waals surface area contributed by atoms with Gasteiger partial charge in [-0.05, 0) is 24.6 Å². The Labute approximate surface area is 118 Å². The van der Waals surface area contributed by atoms with Gasteiger partial charge in [-0.2, -0.15) is 0 Å². The molecule has 0 radical (unpaired) electrons. The smallest absolute Gasteiger partial charge is 0.250 e. The number of benzene rings is 1. The van der Waals surface area contributed by atoms with E-state index in [4.69, 9.17) is 14.6 Å². The summed E-state index contributed by atoms with van der Waals surface area (Å²) >= 11 is 0. The van der Waals surface area contributed by atoms with Crippen molar-refractivity contribution in [2.75, 3.05) is 38.9 Å². The lowest BCUT2D eigenvalue weighted by Gasteiger charge is -2.09. The molecule has 0 unspecified atom stereocenters. The Kier molecular flexibility index (Phi) is 7.36. The maximum absolute atomic E-state index is 11.7. The van der Waals surface area contributed by atoms with E-state index in [9.17, 15) is 4.79 Å². The maximum atomic E-state index is 11.7. The summed E-state index contributed by atoms with van der Waals surface area (Å²) in [7, 11) is 1.58. The van der Waals surface area contributed by atoms with Crippen LogP contribution in [0.2, 0.25) is 0 Å². The SMILES string of the molecule is COCCOCC(=O)Nc1cc(C#CCO)ccc1C. The van der Waals surface area contributed by atoms with E-state index in [1.807, 2.05) is 19.1 Å². The molecule has 1 aromatic carbocycles. The van der Waals surface area contributed by atoms with E-state index in [1.54, 1.807) is 13.2 Å². The second-order valence-corrected chi connectivity index (χ2v) is 4.08. The van der Waals surface area contributed by atoms with Gasteiger partial charge >= 0.3 is 0 Å². The highest BCUT2D eigenvalue weighted by molar-refractivity contribution is 5.92. The van der Waals surface area contributed by atoms with Gasteiger partial charge in [0.2, 0.25) is 5.91 Å². The van der Waals surface area contributed by atoms with E-state index in [-0.39, 0.29) is 19.1 Å². The molecule has 0 aliphatic rings. The first-order valence-corrected chi connectivity index (χ1v) is 6.24. The zero-order valence-electron chi connectivity index (χ0n) is 11.7. The Morgan fingerprint density at radius 3 is 2.90 bits per heavy atom. The Morgan fingerprint density at radius 2 is 2.20 bits per heavy atom. The summed E-state index contributed by atoms with van der Waals surface area (Å²) in [5.74, 6) is 5.14. The Balaban J connectivity index is 2.59. The van der Waals surface area contributed by atoms with Crippen molar-refractivity contribution >= 4 is 11.6 Å². The van der Waals surface area contributed by atoms with E-state index in [0.29, 0.717) is 18.9 Å². The number of hydrogen-bond donors (Lipinski definition) is 2. The fourth-order valence-electron chi connectivity index (χ4n) is 1.47. The van der Waals surface area contributed by atoms with Crippen LogP contribution in [0.1, 0.15) is 11.1 Å². The summed E-state index contributed by atoms with van der Waals surface area (Å²) in [5.41, 5.74) is 2.36. The molecule has 1 aromatic rings. The number of nitrogens with one attached hydrogen (secondary N) is 1. The van der Waals surface area contributed by atoms with Crippen LogP contribution < -0.4 is 5.32 Å². The molecule has 20 heavy (non-hydrogen) atoms. The lowest BCUT2D eigenvalue weighted by molar-refractivity contribution is -0.121. The summed E-state index contributed by atoms with van der Waals surface area (Å²) in [6.45, 7) is 2.52. The average Bonchev–Trinajstić information content (AvgIpc) is 2.44. The Hall–Kier alpha value is -1.87. The highest BCUT2D eigenvalue weighted by Gasteiger charge is 2.05. The number of amides is 1. The number of anilines is 1. The first kappa shape index (κ1) is 16.2. The molecule has 0 fully saturated rings. The molecule has 1 amide bonds. The molecule has 0 saturated carbocycles. The summed E-state index contributed by atoms with van der Waals surface area (Å²) in [5, 5.41) is 11.4. The van der Waals surface area contributed by atoms with Gasteiger partial charge in [0.1, 0.15) is 13.2 Å². The van der Waals surface area contributed by atoms with E-state index in [2.05, 4.69) is 17.2 Å². The highest BCUT2D eigenvalue weighted by atomic mass is 16.5. The molecule has 2 N–H and O–H groups in total. The quantitative estimate of drug-likeness (QED) is 0.600. The van der Waals surface area contributed by atoms with Gasteiger partial charge in [0.15, 0.2) is 0 Å². The fourth-order valence-corrected chi connectivity index (χ4v) is 1.47. The van der Waals surface area contributed by atoms with Crippen LogP contribution in [0.15, 0.2) is 18.2 Å². The van der Waals surface area contributed by atoms with Crippen LogP contribution in [0.4, 0.5) is 5.69 Å². The third kappa shape index (κ3) is 5.85. The van der Waals surface area contributed by atoms with Crippen LogP contribution >= 0.6 is 0 Å². The fraction of sp³-hybridized carbons (Fsp3) is 0.400. The zero-order chi connectivity index (χ0) is 14.8. The zero-order valence-corrected chi connectivity index (χ0v) is 11.7. The molecule has 5 heteroatoms. The van der Waals surface area contributed by atoms with Crippen molar-refractivity contribution in [3.63, 3.8) is 0 Å². The minimum absolute atomic E-state index is 0.0185. The highest BCUT2D eigenvalue weighted by Crippen LogP contribution is 2.16. The van der Waals surface area contributed by atoms with E-state index >= 15 is 0 Å². The molecular formula is C15H19NO4. The summed E-state index contributed by atoms with van der Waals surface area (Å²) < 4.78 is 9.97. The van der Waals surface area contributed by atoms with Gasteiger partial charge in [-0.1, -0.05) is 17.9 Å². The van der Waals surface area contributed by atoms with Gasteiger partial charge < -0.3 is 19.9 Å². The molecule has 0 atom stereocenters. The lowest BCUT2D eigenvalue weighted by atomic mass is 10.1. The first-order valence-electron chi connectivity index (χ1n) is 6.24. The number of methoxy groups -OCH3 is 1. The van der Waals surface area contributed by atoms with Crippen LogP contribution in [0.5, 0.6) is 0 Å². The van der Waals surface area contributed by atoms with Gasteiger partial charge in [-0.3, -0.25) is 4.79 Å². The minimum Gasteiger partial charge on any atom is -0.384 e. The molecule has 0 bridgehead atoms. The van der Waals surface area contributed by atoms with Gasteiger partial charge in [0.05, 0.1) is 13.2 Å². The van der Waals surface area contributed by atoms with Crippen molar-refractivity contribution in [2.45, 2.75) is 6.92 Å². The van der Waals surface area contributed by atoms with E-state index < -0.39 is 0 Å². The molecule has 0 aliphatic heterocycles. The molecule has 1 rings (SSSR count). The minimum atomic E-state index is -0.225. The van der Waals surface area contributed by atoms with E-state index in [0.717, 1.165) is 11.1 Å². The third-order valence-corrected chi connectivity index (χ3v) is 2.49. The molecule has 0 aromatic heterocycles. The molecular weight excluding hydrogens is 258 g/mol. The molecule has 0 heterocycles. The monoisotopic (exact) mass is 277 g/mol. The third-order valence-electron chi connectivity index (χ3n) is 2.49. The first-order chi connectivity index (χ1) is 9.67. The van der Waals surface area contributed by atoms with Crippen molar-refractivity contribution < 1.29 is 19.4 Å². The predicted octanol–water partition coefficient (Wildman–Crippen LogP) is 0.940. The van der Waals surface area contributed by atoms with Gasteiger partial charge in [0, 0.05) is 18.4 Å². The molecule has 0 saturated heterocycles. The van der Waals surface area contributed by atoms with Crippen LogP contribution in [-0.4, -0.2) is 44.6 Å². The Morgan fingerprint density at radius 1 is 1.40 bits per heavy atom. The number of aryl methyl sites for hydroxylation is 1. The largest absolute Gasteiger partial charge is 0.384 e. The molecule has 108 valence electrons. The van der Waals surface area contributed by atoms with Crippen molar-refractivity contribution in [3.05, 3.63) is 29.3 Å². The number of carbonyl (C=O) groups is 1. The molecule has 0 aliphatic carbocycles. The number of ether oxygens (including phenoxy) is 2. The number of aliphatic hydroxyl groups is 1. The Bertz CT molecular complexity index is 502. The van der Waals surface area contributed by atoms with Gasteiger partial charge in [-0.25, -0.2) is 0 Å². The topological polar surface area (TPSA) is 67.8 Å². The second kappa shape index (κ2) is 9.10. The summed E-state index contributed by atoms with van der Waals surface area (Å²) in [6, 6.07) is 5.47.